The van der Waals surface area contributed by atoms with E-state index in [1.165, 1.54) is 0 Å². The standard InChI is InChI=1S/C16H26N8/c1-13-11-15(21(2)3)18-16(17-13)24-9-7-23(8-10-24)6-5-14-12-22(4)20-19-14/h11-12H,5-10H2,1-4H3. The Hall–Kier alpha value is -2.22. The minimum absolute atomic E-state index is 0.840. The normalized spacial score (nSPS) is 15.8. The molecule has 2 aromatic heterocycles. The number of nitrogens with zero attached hydrogens (tertiary/aromatic N) is 8. The summed E-state index contributed by atoms with van der Waals surface area (Å²) >= 11 is 0. The molecule has 1 saturated heterocycles. The molecular formula is C16H26N8. The van der Waals surface area contributed by atoms with Crippen molar-refractivity contribution in [1.82, 2.24) is 29.9 Å². The number of piperazine rings is 1. The molecule has 2 aromatic rings. The highest BCUT2D eigenvalue weighted by Crippen LogP contribution is 2.17. The van der Waals surface area contributed by atoms with Crippen LogP contribution in [0.1, 0.15) is 11.4 Å². The van der Waals surface area contributed by atoms with Crippen LogP contribution in [0.3, 0.4) is 0 Å². The molecule has 0 aromatic carbocycles. The van der Waals surface area contributed by atoms with Gasteiger partial charge in [0.25, 0.3) is 0 Å². The summed E-state index contributed by atoms with van der Waals surface area (Å²) in [5, 5.41) is 8.13. The first kappa shape index (κ1) is 16.6. The minimum atomic E-state index is 0.840. The lowest BCUT2D eigenvalue weighted by atomic mass is 10.2. The first-order chi connectivity index (χ1) is 11.5. The molecule has 3 heterocycles. The van der Waals surface area contributed by atoms with E-state index in [-0.39, 0.29) is 0 Å². The molecule has 1 aliphatic heterocycles. The fraction of sp³-hybridized carbons (Fsp3) is 0.625. The van der Waals surface area contributed by atoms with Crippen molar-refractivity contribution >= 4 is 11.8 Å². The predicted molar refractivity (Wildman–Crippen MR) is 94.5 cm³/mol. The smallest absolute Gasteiger partial charge is 0.227 e. The van der Waals surface area contributed by atoms with Crippen LogP contribution in [-0.4, -0.2) is 76.7 Å². The van der Waals surface area contributed by atoms with Gasteiger partial charge in [0.05, 0.1) is 5.69 Å². The Morgan fingerprint density at radius 3 is 2.50 bits per heavy atom. The summed E-state index contributed by atoms with van der Waals surface area (Å²) in [7, 11) is 5.92. The highest BCUT2D eigenvalue weighted by molar-refractivity contribution is 5.45. The number of anilines is 2. The number of hydrogen-bond donors (Lipinski definition) is 0. The molecule has 0 saturated carbocycles. The van der Waals surface area contributed by atoms with Gasteiger partial charge in [0.15, 0.2) is 0 Å². The van der Waals surface area contributed by atoms with Crippen LogP contribution in [0.25, 0.3) is 0 Å². The average molecular weight is 330 g/mol. The number of aryl methyl sites for hydroxylation is 2. The van der Waals surface area contributed by atoms with Crippen LogP contribution in [0.4, 0.5) is 11.8 Å². The van der Waals surface area contributed by atoms with E-state index in [1.807, 2.05) is 45.2 Å². The second-order valence-electron chi connectivity index (χ2n) is 6.52. The summed E-state index contributed by atoms with van der Waals surface area (Å²) in [6.07, 6.45) is 2.93. The molecule has 0 atom stereocenters. The Morgan fingerprint density at radius 2 is 1.88 bits per heavy atom. The predicted octanol–water partition coefficient (Wildman–Crippen LogP) is 0.344. The van der Waals surface area contributed by atoms with Gasteiger partial charge in [-0.3, -0.25) is 9.58 Å². The molecule has 0 N–H and O–H groups in total. The van der Waals surface area contributed by atoms with Crippen LogP contribution in [0.2, 0.25) is 0 Å². The van der Waals surface area contributed by atoms with Gasteiger partial charge >= 0.3 is 0 Å². The van der Waals surface area contributed by atoms with E-state index >= 15 is 0 Å². The van der Waals surface area contributed by atoms with E-state index in [0.29, 0.717) is 0 Å². The van der Waals surface area contributed by atoms with Crippen LogP contribution in [0.15, 0.2) is 12.3 Å². The van der Waals surface area contributed by atoms with Crippen LogP contribution >= 0.6 is 0 Å². The van der Waals surface area contributed by atoms with Crippen molar-refractivity contribution in [3.63, 3.8) is 0 Å². The molecule has 0 amide bonds. The lowest BCUT2D eigenvalue weighted by Gasteiger charge is -2.35. The molecule has 24 heavy (non-hydrogen) atoms. The fourth-order valence-corrected chi connectivity index (χ4v) is 2.86. The van der Waals surface area contributed by atoms with Crippen molar-refractivity contribution in [3.8, 4) is 0 Å². The van der Waals surface area contributed by atoms with Gasteiger partial charge in [-0.2, -0.15) is 4.98 Å². The summed E-state index contributed by atoms with van der Waals surface area (Å²) in [5.41, 5.74) is 2.06. The average Bonchev–Trinajstić information content (AvgIpc) is 2.98. The van der Waals surface area contributed by atoms with Crippen molar-refractivity contribution in [3.05, 3.63) is 23.7 Å². The van der Waals surface area contributed by atoms with Crippen LogP contribution < -0.4 is 9.80 Å². The highest BCUT2D eigenvalue weighted by atomic mass is 15.4. The van der Waals surface area contributed by atoms with Crippen LogP contribution in [0.5, 0.6) is 0 Å². The molecule has 0 spiro atoms. The van der Waals surface area contributed by atoms with Gasteiger partial charge in [0.1, 0.15) is 5.82 Å². The Kier molecular flexibility index (Phi) is 4.94. The summed E-state index contributed by atoms with van der Waals surface area (Å²) in [4.78, 5) is 16.1. The van der Waals surface area contributed by atoms with Crippen LogP contribution in [-0.2, 0) is 13.5 Å². The fourth-order valence-electron chi connectivity index (χ4n) is 2.86. The quantitative estimate of drug-likeness (QED) is 0.783. The zero-order chi connectivity index (χ0) is 17.1. The van der Waals surface area contributed by atoms with Gasteiger partial charge in [-0.05, 0) is 6.92 Å². The maximum Gasteiger partial charge on any atom is 0.227 e. The second kappa shape index (κ2) is 7.12. The largest absolute Gasteiger partial charge is 0.363 e. The summed E-state index contributed by atoms with van der Waals surface area (Å²) in [6.45, 7) is 7.00. The monoisotopic (exact) mass is 330 g/mol. The van der Waals surface area contributed by atoms with Gasteiger partial charge in [0, 0.05) is 78.2 Å². The zero-order valence-corrected chi connectivity index (χ0v) is 15.0. The summed E-state index contributed by atoms with van der Waals surface area (Å²) in [5.74, 6) is 1.80. The highest BCUT2D eigenvalue weighted by Gasteiger charge is 2.20. The molecule has 0 radical (unpaired) electrons. The molecule has 0 aliphatic carbocycles. The Bertz CT molecular complexity index is 672. The van der Waals surface area contributed by atoms with Gasteiger partial charge in [-0.25, -0.2) is 4.98 Å². The van der Waals surface area contributed by atoms with E-state index in [4.69, 9.17) is 0 Å². The SMILES string of the molecule is Cc1cc(N(C)C)nc(N2CCN(CCc3cn(C)nn3)CC2)n1. The molecule has 8 nitrogen and oxygen atoms in total. The number of aromatic nitrogens is 5. The topological polar surface area (TPSA) is 66.2 Å². The van der Waals surface area contributed by atoms with Gasteiger partial charge < -0.3 is 9.80 Å². The lowest BCUT2D eigenvalue weighted by molar-refractivity contribution is 0.259. The molecule has 1 fully saturated rings. The third kappa shape index (κ3) is 4.00. The Morgan fingerprint density at radius 1 is 1.12 bits per heavy atom. The summed E-state index contributed by atoms with van der Waals surface area (Å²) < 4.78 is 1.75. The van der Waals surface area contributed by atoms with Crippen molar-refractivity contribution in [2.24, 2.45) is 7.05 Å². The van der Waals surface area contributed by atoms with Gasteiger partial charge in [0.2, 0.25) is 5.95 Å². The first-order valence-corrected chi connectivity index (χ1v) is 8.37. The zero-order valence-electron chi connectivity index (χ0n) is 15.0. The van der Waals surface area contributed by atoms with E-state index in [1.54, 1.807) is 4.68 Å². The van der Waals surface area contributed by atoms with Crippen molar-refractivity contribution < 1.29 is 0 Å². The molecule has 130 valence electrons. The molecular weight excluding hydrogens is 304 g/mol. The maximum absolute atomic E-state index is 4.68. The number of rotatable bonds is 5. The van der Waals surface area contributed by atoms with E-state index in [2.05, 4.69) is 30.1 Å². The molecule has 0 unspecified atom stereocenters. The molecule has 0 bridgehead atoms. The van der Waals surface area contributed by atoms with Crippen molar-refractivity contribution in [2.75, 3.05) is 56.6 Å². The first-order valence-electron chi connectivity index (χ1n) is 8.37. The molecule has 8 heteroatoms. The van der Waals surface area contributed by atoms with E-state index < -0.39 is 0 Å². The van der Waals surface area contributed by atoms with Crippen LogP contribution in [0, 0.1) is 6.92 Å². The van der Waals surface area contributed by atoms with Gasteiger partial charge in [-0.1, -0.05) is 5.21 Å². The Labute approximate surface area is 143 Å². The van der Waals surface area contributed by atoms with E-state index in [0.717, 1.165) is 62.3 Å². The van der Waals surface area contributed by atoms with Crippen molar-refractivity contribution in [2.45, 2.75) is 13.3 Å². The molecule has 1 aliphatic rings. The van der Waals surface area contributed by atoms with Gasteiger partial charge in [-0.15, -0.1) is 5.10 Å². The third-order valence-corrected chi connectivity index (χ3v) is 4.28. The van der Waals surface area contributed by atoms with E-state index in [9.17, 15) is 0 Å². The minimum Gasteiger partial charge on any atom is -0.363 e. The third-order valence-electron chi connectivity index (χ3n) is 4.28. The molecule has 3 rings (SSSR count). The summed E-state index contributed by atoms with van der Waals surface area (Å²) in [6, 6.07) is 2.01. The number of hydrogen-bond acceptors (Lipinski definition) is 7. The Balaban J connectivity index is 1.55. The van der Waals surface area contributed by atoms with Crippen molar-refractivity contribution in [1.29, 1.82) is 0 Å². The maximum atomic E-state index is 4.68. The second-order valence-corrected chi connectivity index (χ2v) is 6.52. The lowest BCUT2D eigenvalue weighted by Crippen LogP contribution is -2.47.